The van der Waals surface area contributed by atoms with Crippen molar-refractivity contribution < 1.29 is 23.7 Å². The Labute approximate surface area is 189 Å². The highest BCUT2D eigenvalue weighted by molar-refractivity contribution is 6.05. The Morgan fingerprint density at radius 2 is 1.50 bits per heavy atom. The summed E-state index contributed by atoms with van der Waals surface area (Å²) in [5.74, 6) is 0.450. The van der Waals surface area contributed by atoms with Gasteiger partial charge >= 0.3 is 5.97 Å². The van der Waals surface area contributed by atoms with Gasteiger partial charge in [-0.05, 0) is 33.9 Å². The van der Waals surface area contributed by atoms with Gasteiger partial charge in [-0.1, -0.05) is 63.7 Å². The highest BCUT2D eigenvalue weighted by atomic mass is 16.6. The fourth-order valence-electron chi connectivity index (χ4n) is 3.43. The molecule has 0 spiro atoms. The second kappa shape index (κ2) is 11.1. The summed E-state index contributed by atoms with van der Waals surface area (Å²) in [6.07, 6.45) is 1.13. The molecule has 0 aliphatic heterocycles. The number of carbonyl (C=O) groups excluding carboxylic acids is 1. The standard InChI is InChI=1S/C27H32O5/c1-5-25(28)31-16-14-29-12-13-30-15-17-32-26-23-9-7-6-8-20(23)18-21-10-11-22(19-24(21)26)27(2,3)4/h5-11,18-19H,1,12-17H2,2-4H3. The van der Waals surface area contributed by atoms with E-state index in [-0.39, 0.29) is 12.0 Å². The summed E-state index contributed by atoms with van der Waals surface area (Å²) in [5, 5.41) is 4.54. The Morgan fingerprint density at radius 1 is 0.844 bits per heavy atom. The first-order valence-electron chi connectivity index (χ1n) is 10.9. The van der Waals surface area contributed by atoms with E-state index in [0.29, 0.717) is 33.0 Å². The summed E-state index contributed by atoms with van der Waals surface area (Å²) in [5.41, 5.74) is 1.34. The second-order valence-electron chi connectivity index (χ2n) is 8.56. The van der Waals surface area contributed by atoms with Crippen LogP contribution in [-0.2, 0) is 24.4 Å². The predicted octanol–water partition coefficient (Wildman–Crippen LogP) is 5.43. The molecule has 0 fully saturated rings. The fourth-order valence-corrected chi connectivity index (χ4v) is 3.43. The van der Waals surface area contributed by atoms with Crippen molar-refractivity contribution in [2.45, 2.75) is 26.2 Å². The number of fused-ring (bicyclic) bond motifs is 2. The molecule has 3 aromatic rings. The number of benzene rings is 3. The summed E-state index contributed by atoms with van der Waals surface area (Å²) >= 11 is 0. The van der Waals surface area contributed by atoms with E-state index >= 15 is 0 Å². The van der Waals surface area contributed by atoms with Gasteiger partial charge in [-0.25, -0.2) is 4.79 Å². The van der Waals surface area contributed by atoms with Crippen LogP contribution < -0.4 is 4.74 Å². The predicted molar refractivity (Wildman–Crippen MR) is 128 cm³/mol. The van der Waals surface area contributed by atoms with Crippen LogP contribution in [-0.4, -0.2) is 45.6 Å². The average molecular weight is 437 g/mol. The SMILES string of the molecule is C=CC(=O)OCCOCCOCCOc1c2ccccc2cc2ccc(C(C)(C)C)cc12. The highest BCUT2D eigenvalue weighted by Gasteiger charge is 2.16. The van der Waals surface area contributed by atoms with Crippen LogP contribution in [0.2, 0.25) is 0 Å². The van der Waals surface area contributed by atoms with Crippen LogP contribution in [0.15, 0.2) is 61.2 Å². The molecule has 0 aromatic heterocycles. The summed E-state index contributed by atoms with van der Waals surface area (Å²) in [7, 11) is 0. The van der Waals surface area contributed by atoms with Crippen LogP contribution in [0.5, 0.6) is 5.75 Å². The molecule has 0 aliphatic rings. The molecule has 0 N–H and O–H groups in total. The molecule has 0 amide bonds. The molecular weight excluding hydrogens is 404 g/mol. The third kappa shape index (κ3) is 6.31. The van der Waals surface area contributed by atoms with Gasteiger partial charge in [-0.3, -0.25) is 0 Å². The molecule has 3 rings (SSSR count). The van der Waals surface area contributed by atoms with Crippen LogP contribution >= 0.6 is 0 Å². The number of carbonyl (C=O) groups is 1. The largest absolute Gasteiger partial charge is 0.490 e. The first kappa shape index (κ1) is 23.8. The topological polar surface area (TPSA) is 54.0 Å². The van der Waals surface area contributed by atoms with E-state index in [1.807, 2.05) is 12.1 Å². The van der Waals surface area contributed by atoms with E-state index < -0.39 is 5.97 Å². The second-order valence-corrected chi connectivity index (χ2v) is 8.56. The third-order valence-electron chi connectivity index (χ3n) is 5.17. The first-order chi connectivity index (χ1) is 15.4. The van der Waals surface area contributed by atoms with Crippen LogP contribution in [0.4, 0.5) is 0 Å². The number of ether oxygens (including phenoxy) is 4. The number of esters is 1. The molecule has 5 heteroatoms. The molecule has 170 valence electrons. The van der Waals surface area contributed by atoms with Gasteiger partial charge in [0.25, 0.3) is 0 Å². The fraction of sp³-hybridized carbons (Fsp3) is 0.370. The molecule has 0 radical (unpaired) electrons. The van der Waals surface area contributed by atoms with Gasteiger partial charge in [0.2, 0.25) is 0 Å². The lowest BCUT2D eigenvalue weighted by Gasteiger charge is -2.21. The van der Waals surface area contributed by atoms with E-state index in [4.69, 9.17) is 18.9 Å². The molecular formula is C27H32O5. The normalized spacial score (nSPS) is 11.6. The van der Waals surface area contributed by atoms with E-state index in [1.54, 1.807) is 0 Å². The number of hydrogen-bond donors (Lipinski definition) is 0. The van der Waals surface area contributed by atoms with Crippen molar-refractivity contribution in [1.29, 1.82) is 0 Å². The van der Waals surface area contributed by atoms with Gasteiger partial charge in [0, 0.05) is 16.8 Å². The molecule has 5 nitrogen and oxygen atoms in total. The molecule has 0 unspecified atom stereocenters. The van der Waals surface area contributed by atoms with E-state index in [9.17, 15) is 4.79 Å². The summed E-state index contributed by atoms with van der Waals surface area (Å²) in [6.45, 7) is 12.3. The molecule has 3 aromatic carbocycles. The lowest BCUT2D eigenvalue weighted by molar-refractivity contribution is -0.139. The van der Waals surface area contributed by atoms with Crippen molar-refractivity contribution >= 4 is 27.5 Å². The summed E-state index contributed by atoms with van der Waals surface area (Å²) in [6, 6.07) is 17.1. The Hall–Kier alpha value is -2.89. The van der Waals surface area contributed by atoms with Crippen LogP contribution in [0.1, 0.15) is 26.3 Å². The van der Waals surface area contributed by atoms with Crippen molar-refractivity contribution in [2.75, 3.05) is 39.6 Å². The molecule has 0 saturated heterocycles. The summed E-state index contributed by atoms with van der Waals surface area (Å²) in [4.78, 5) is 10.9. The quantitative estimate of drug-likeness (QED) is 0.174. The number of hydrogen-bond acceptors (Lipinski definition) is 5. The van der Waals surface area contributed by atoms with E-state index in [1.165, 1.54) is 5.56 Å². The van der Waals surface area contributed by atoms with Gasteiger partial charge in [0.1, 0.15) is 19.0 Å². The first-order valence-corrected chi connectivity index (χ1v) is 10.9. The summed E-state index contributed by atoms with van der Waals surface area (Å²) < 4.78 is 22.1. The minimum absolute atomic E-state index is 0.0598. The van der Waals surface area contributed by atoms with Crippen LogP contribution in [0.3, 0.4) is 0 Å². The molecule has 0 saturated carbocycles. The van der Waals surface area contributed by atoms with Gasteiger partial charge in [0.05, 0.1) is 26.4 Å². The Kier molecular flexibility index (Phi) is 8.26. The van der Waals surface area contributed by atoms with Crippen molar-refractivity contribution in [3.8, 4) is 5.75 Å². The molecule has 0 heterocycles. The Bertz CT molecular complexity index is 1060. The van der Waals surface area contributed by atoms with E-state index in [2.05, 4.69) is 63.7 Å². The lowest BCUT2D eigenvalue weighted by atomic mass is 9.85. The number of rotatable bonds is 11. The molecule has 32 heavy (non-hydrogen) atoms. The zero-order valence-electron chi connectivity index (χ0n) is 19.2. The van der Waals surface area contributed by atoms with Crippen LogP contribution in [0, 0.1) is 0 Å². The maximum absolute atomic E-state index is 10.9. The smallest absolute Gasteiger partial charge is 0.330 e. The van der Waals surface area contributed by atoms with Crippen LogP contribution in [0.25, 0.3) is 21.5 Å². The van der Waals surface area contributed by atoms with Crippen molar-refractivity contribution in [1.82, 2.24) is 0 Å². The minimum atomic E-state index is -0.447. The monoisotopic (exact) mass is 436 g/mol. The average Bonchev–Trinajstić information content (AvgIpc) is 2.78. The maximum atomic E-state index is 10.9. The highest BCUT2D eigenvalue weighted by Crippen LogP contribution is 2.37. The van der Waals surface area contributed by atoms with Crippen molar-refractivity contribution in [3.63, 3.8) is 0 Å². The maximum Gasteiger partial charge on any atom is 0.330 e. The molecule has 0 bridgehead atoms. The lowest BCUT2D eigenvalue weighted by Crippen LogP contribution is -2.14. The van der Waals surface area contributed by atoms with Crippen molar-refractivity contribution in [2.24, 2.45) is 0 Å². The molecule has 0 atom stereocenters. The zero-order chi connectivity index (χ0) is 23.0. The van der Waals surface area contributed by atoms with Gasteiger partial charge in [0.15, 0.2) is 0 Å². The zero-order valence-corrected chi connectivity index (χ0v) is 19.2. The Balaban J connectivity index is 1.58. The van der Waals surface area contributed by atoms with E-state index in [0.717, 1.165) is 33.4 Å². The molecule has 0 aliphatic carbocycles. The van der Waals surface area contributed by atoms with Gasteiger partial charge in [-0.15, -0.1) is 0 Å². The van der Waals surface area contributed by atoms with Crippen molar-refractivity contribution in [3.05, 3.63) is 66.7 Å². The van der Waals surface area contributed by atoms with Gasteiger partial charge < -0.3 is 18.9 Å². The Morgan fingerprint density at radius 3 is 2.22 bits per heavy atom. The minimum Gasteiger partial charge on any atom is -0.490 e. The third-order valence-corrected chi connectivity index (χ3v) is 5.17. The van der Waals surface area contributed by atoms with Gasteiger partial charge in [-0.2, -0.15) is 0 Å².